The van der Waals surface area contributed by atoms with E-state index in [4.69, 9.17) is 0 Å². The number of hydrogen-bond donors (Lipinski definition) is 3. The van der Waals surface area contributed by atoms with Crippen molar-refractivity contribution in [1.82, 2.24) is 20.2 Å². The molecule has 7 heteroatoms. The molecule has 0 spiro atoms. The Morgan fingerprint density at radius 1 is 1.30 bits per heavy atom. The van der Waals surface area contributed by atoms with E-state index in [1.54, 1.807) is 6.20 Å². The SMILES string of the molecule is CCCNc1nc(NCC(C)(C)SC)c2cn[nH]c2n1. The third-order valence-corrected chi connectivity index (χ3v) is 4.33. The van der Waals surface area contributed by atoms with E-state index in [2.05, 4.69) is 57.8 Å². The lowest BCUT2D eigenvalue weighted by atomic mass is 10.2. The highest BCUT2D eigenvalue weighted by atomic mass is 32.2. The lowest BCUT2D eigenvalue weighted by Gasteiger charge is -2.22. The van der Waals surface area contributed by atoms with Crippen LogP contribution in [0.15, 0.2) is 6.20 Å². The Morgan fingerprint density at radius 3 is 2.80 bits per heavy atom. The Balaban J connectivity index is 2.23. The number of nitrogens with zero attached hydrogens (tertiary/aromatic N) is 3. The van der Waals surface area contributed by atoms with Crippen molar-refractivity contribution in [2.45, 2.75) is 31.9 Å². The van der Waals surface area contributed by atoms with Gasteiger partial charge in [-0.1, -0.05) is 6.92 Å². The fraction of sp³-hybridized carbons (Fsp3) is 0.615. The number of thioether (sulfide) groups is 1. The van der Waals surface area contributed by atoms with Gasteiger partial charge in [-0.25, -0.2) is 0 Å². The first-order chi connectivity index (χ1) is 9.55. The van der Waals surface area contributed by atoms with Crippen molar-refractivity contribution < 1.29 is 0 Å². The minimum absolute atomic E-state index is 0.151. The molecular weight excluding hydrogens is 272 g/mol. The van der Waals surface area contributed by atoms with E-state index in [0.717, 1.165) is 36.4 Å². The molecule has 6 nitrogen and oxygen atoms in total. The van der Waals surface area contributed by atoms with Gasteiger partial charge >= 0.3 is 0 Å². The van der Waals surface area contributed by atoms with E-state index >= 15 is 0 Å². The van der Waals surface area contributed by atoms with Gasteiger partial charge < -0.3 is 10.6 Å². The Labute approximate surface area is 123 Å². The Kier molecular flexibility index (Phi) is 4.69. The van der Waals surface area contributed by atoms with Crippen molar-refractivity contribution in [1.29, 1.82) is 0 Å². The van der Waals surface area contributed by atoms with Crippen molar-refractivity contribution in [3.8, 4) is 0 Å². The van der Waals surface area contributed by atoms with Gasteiger partial charge in [0, 0.05) is 17.8 Å². The standard InChI is InChI=1S/C13H22N6S/c1-5-6-14-12-17-10(15-8-13(2,3)20-4)9-7-16-19-11(9)18-12/h7H,5-6,8H2,1-4H3,(H3,14,15,16,17,18,19). The normalized spacial score (nSPS) is 11.8. The predicted molar refractivity (Wildman–Crippen MR) is 86.5 cm³/mol. The molecule has 0 aliphatic rings. The average Bonchev–Trinajstić information content (AvgIpc) is 2.91. The first-order valence-corrected chi connectivity index (χ1v) is 8.02. The molecule has 2 aromatic rings. The fourth-order valence-electron chi connectivity index (χ4n) is 1.65. The third kappa shape index (κ3) is 3.53. The van der Waals surface area contributed by atoms with Gasteiger partial charge in [-0.3, -0.25) is 5.10 Å². The van der Waals surface area contributed by atoms with Crippen LogP contribution in [-0.2, 0) is 0 Å². The van der Waals surface area contributed by atoms with Crippen molar-refractivity contribution >= 4 is 34.6 Å². The zero-order valence-electron chi connectivity index (χ0n) is 12.4. The minimum Gasteiger partial charge on any atom is -0.368 e. The summed E-state index contributed by atoms with van der Waals surface area (Å²) in [6, 6.07) is 0. The number of anilines is 2. The molecule has 2 aromatic heterocycles. The molecule has 0 saturated heterocycles. The molecule has 2 heterocycles. The van der Waals surface area contributed by atoms with E-state index in [9.17, 15) is 0 Å². The zero-order chi connectivity index (χ0) is 14.6. The van der Waals surface area contributed by atoms with Crippen LogP contribution in [-0.4, -0.2) is 44.3 Å². The first-order valence-electron chi connectivity index (χ1n) is 6.80. The highest BCUT2D eigenvalue weighted by Gasteiger charge is 2.17. The van der Waals surface area contributed by atoms with Gasteiger partial charge in [-0.05, 0) is 26.5 Å². The van der Waals surface area contributed by atoms with Gasteiger partial charge in [0.05, 0.1) is 11.6 Å². The maximum absolute atomic E-state index is 4.55. The second-order valence-corrected chi connectivity index (χ2v) is 6.79. The predicted octanol–water partition coefficient (Wildman–Crippen LogP) is 2.73. The van der Waals surface area contributed by atoms with E-state index in [-0.39, 0.29) is 4.75 Å². The van der Waals surface area contributed by atoms with Crippen LogP contribution in [0.25, 0.3) is 11.0 Å². The Morgan fingerprint density at radius 2 is 2.10 bits per heavy atom. The van der Waals surface area contributed by atoms with Crippen molar-refractivity contribution in [3.63, 3.8) is 0 Å². The summed E-state index contributed by atoms with van der Waals surface area (Å²) in [6.45, 7) is 8.21. The number of aromatic nitrogens is 4. The molecule has 0 radical (unpaired) electrons. The number of hydrogen-bond acceptors (Lipinski definition) is 6. The molecule has 0 bridgehead atoms. The summed E-state index contributed by atoms with van der Waals surface area (Å²) in [7, 11) is 0. The van der Waals surface area contributed by atoms with Crippen LogP contribution in [0.5, 0.6) is 0 Å². The van der Waals surface area contributed by atoms with E-state index in [0.29, 0.717) is 5.95 Å². The number of rotatable bonds is 7. The summed E-state index contributed by atoms with van der Waals surface area (Å²) < 4.78 is 0.151. The summed E-state index contributed by atoms with van der Waals surface area (Å²) in [4.78, 5) is 8.96. The lowest BCUT2D eigenvalue weighted by molar-refractivity contribution is 0.750. The van der Waals surface area contributed by atoms with Crippen molar-refractivity contribution in [2.75, 3.05) is 30.0 Å². The van der Waals surface area contributed by atoms with E-state index < -0.39 is 0 Å². The molecule has 0 aromatic carbocycles. The van der Waals surface area contributed by atoms with E-state index in [1.807, 2.05) is 11.8 Å². The highest BCUT2D eigenvalue weighted by Crippen LogP contribution is 2.24. The summed E-state index contributed by atoms with van der Waals surface area (Å²) in [5, 5.41) is 14.5. The van der Waals surface area contributed by atoms with Crippen LogP contribution in [0.1, 0.15) is 27.2 Å². The second kappa shape index (κ2) is 6.30. The lowest BCUT2D eigenvalue weighted by Crippen LogP contribution is -2.26. The topological polar surface area (TPSA) is 78.5 Å². The van der Waals surface area contributed by atoms with Gasteiger partial charge in [-0.15, -0.1) is 0 Å². The molecular formula is C13H22N6S. The van der Waals surface area contributed by atoms with Gasteiger partial charge in [-0.2, -0.15) is 26.8 Å². The van der Waals surface area contributed by atoms with Crippen LogP contribution in [0.3, 0.4) is 0 Å². The molecule has 0 aliphatic carbocycles. The molecule has 0 fully saturated rings. The van der Waals surface area contributed by atoms with Gasteiger partial charge in [0.15, 0.2) is 5.65 Å². The maximum atomic E-state index is 4.55. The Bertz CT molecular complexity index is 565. The molecule has 0 aliphatic heterocycles. The highest BCUT2D eigenvalue weighted by molar-refractivity contribution is 7.99. The summed E-state index contributed by atoms with van der Waals surface area (Å²) in [5.41, 5.74) is 0.753. The van der Waals surface area contributed by atoms with Gasteiger partial charge in [0.1, 0.15) is 5.82 Å². The number of nitrogens with one attached hydrogen (secondary N) is 3. The average molecular weight is 294 g/mol. The molecule has 20 heavy (non-hydrogen) atoms. The van der Waals surface area contributed by atoms with Crippen LogP contribution >= 0.6 is 11.8 Å². The van der Waals surface area contributed by atoms with Crippen LogP contribution < -0.4 is 10.6 Å². The third-order valence-electron chi connectivity index (χ3n) is 3.08. The molecule has 0 atom stereocenters. The zero-order valence-corrected chi connectivity index (χ0v) is 13.3. The molecule has 0 amide bonds. The summed E-state index contributed by atoms with van der Waals surface area (Å²) >= 11 is 1.83. The molecule has 3 N–H and O–H groups in total. The van der Waals surface area contributed by atoms with Crippen LogP contribution in [0, 0.1) is 0 Å². The largest absolute Gasteiger partial charge is 0.368 e. The molecule has 0 unspecified atom stereocenters. The van der Waals surface area contributed by atoms with Crippen LogP contribution in [0.2, 0.25) is 0 Å². The van der Waals surface area contributed by atoms with Crippen LogP contribution in [0.4, 0.5) is 11.8 Å². The molecule has 2 rings (SSSR count). The number of aromatic amines is 1. The van der Waals surface area contributed by atoms with Gasteiger partial charge in [0.2, 0.25) is 5.95 Å². The van der Waals surface area contributed by atoms with Gasteiger partial charge in [0.25, 0.3) is 0 Å². The number of H-pyrrole nitrogens is 1. The molecule has 110 valence electrons. The summed E-state index contributed by atoms with van der Waals surface area (Å²) in [6.07, 6.45) is 4.91. The van der Waals surface area contributed by atoms with E-state index in [1.165, 1.54) is 0 Å². The first kappa shape index (κ1) is 14.9. The Hall–Kier alpha value is -1.50. The minimum atomic E-state index is 0.151. The second-order valence-electron chi connectivity index (χ2n) is 5.27. The number of fused-ring (bicyclic) bond motifs is 1. The monoisotopic (exact) mass is 294 g/mol. The van der Waals surface area contributed by atoms with Crippen molar-refractivity contribution in [2.24, 2.45) is 0 Å². The fourth-order valence-corrected chi connectivity index (χ4v) is 1.87. The molecule has 0 saturated carbocycles. The smallest absolute Gasteiger partial charge is 0.226 e. The quantitative estimate of drug-likeness (QED) is 0.729. The summed E-state index contributed by atoms with van der Waals surface area (Å²) in [5.74, 6) is 1.46. The maximum Gasteiger partial charge on any atom is 0.226 e. The van der Waals surface area contributed by atoms with Crippen molar-refractivity contribution in [3.05, 3.63) is 6.20 Å².